The molecule has 4 nitrogen and oxygen atoms in total. The minimum Gasteiger partial charge on any atom is -0.480 e. The number of nitrogens with one attached hydrogen (secondary N) is 1. The summed E-state index contributed by atoms with van der Waals surface area (Å²) in [6.45, 7) is 3.86. The van der Waals surface area contributed by atoms with Gasteiger partial charge in [-0.1, -0.05) is 20.3 Å². The summed E-state index contributed by atoms with van der Waals surface area (Å²) in [6, 6.07) is 2.84. The van der Waals surface area contributed by atoms with Crippen LogP contribution >= 0.6 is 0 Å². The van der Waals surface area contributed by atoms with Gasteiger partial charge >= 0.3 is 5.97 Å². The van der Waals surface area contributed by atoms with E-state index >= 15 is 0 Å². The summed E-state index contributed by atoms with van der Waals surface area (Å²) in [5.74, 6) is -0.286. The van der Waals surface area contributed by atoms with E-state index in [-0.39, 0.29) is 5.92 Å². The zero-order chi connectivity index (χ0) is 10.6. The van der Waals surface area contributed by atoms with Gasteiger partial charge in [0, 0.05) is 6.07 Å². The van der Waals surface area contributed by atoms with Gasteiger partial charge in [-0.25, -0.2) is 4.79 Å². The standard InChI is InChI=1S/C10H15NO3/c1-3-7(2)9(10(12)13)11-8-5-4-6-14-8/h4-7,9,11H,3H2,1-2H3,(H,12,13). The molecular weight excluding hydrogens is 182 g/mol. The first-order valence-electron chi connectivity index (χ1n) is 4.68. The number of hydrogen-bond donors (Lipinski definition) is 2. The monoisotopic (exact) mass is 197 g/mol. The number of hydrogen-bond acceptors (Lipinski definition) is 3. The quantitative estimate of drug-likeness (QED) is 0.759. The molecule has 4 heteroatoms. The van der Waals surface area contributed by atoms with E-state index in [1.54, 1.807) is 12.1 Å². The van der Waals surface area contributed by atoms with Crippen molar-refractivity contribution in [3.63, 3.8) is 0 Å². The third kappa shape index (κ3) is 2.52. The fourth-order valence-corrected chi connectivity index (χ4v) is 1.20. The summed E-state index contributed by atoms with van der Waals surface area (Å²) in [7, 11) is 0. The third-order valence-electron chi connectivity index (χ3n) is 2.30. The molecule has 0 saturated carbocycles. The highest BCUT2D eigenvalue weighted by atomic mass is 16.4. The Balaban J connectivity index is 2.65. The second kappa shape index (κ2) is 4.69. The average Bonchev–Trinajstić information content (AvgIpc) is 2.65. The topological polar surface area (TPSA) is 62.5 Å². The molecule has 0 aromatic carbocycles. The number of carboxylic acid groups (broad SMARTS) is 1. The van der Waals surface area contributed by atoms with Crippen LogP contribution in [-0.2, 0) is 4.79 Å². The number of carboxylic acids is 1. The fraction of sp³-hybridized carbons (Fsp3) is 0.500. The van der Waals surface area contributed by atoms with Crippen LogP contribution in [-0.4, -0.2) is 17.1 Å². The van der Waals surface area contributed by atoms with Crippen molar-refractivity contribution in [2.45, 2.75) is 26.3 Å². The summed E-state index contributed by atoms with van der Waals surface area (Å²) < 4.78 is 5.03. The molecule has 2 atom stereocenters. The van der Waals surface area contributed by atoms with Crippen molar-refractivity contribution in [2.24, 2.45) is 5.92 Å². The van der Waals surface area contributed by atoms with Gasteiger partial charge in [-0.05, 0) is 12.0 Å². The van der Waals surface area contributed by atoms with Gasteiger partial charge in [0.15, 0.2) is 5.88 Å². The normalized spacial score (nSPS) is 14.7. The first-order chi connectivity index (χ1) is 6.65. The van der Waals surface area contributed by atoms with E-state index in [0.717, 1.165) is 6.42 Å². The maximum atomic E-state index is 10.9. The maximum absolute atomic E-state index is 10.9. The smallest absolute Gasteiger partial charge is 0.326 e. The summed E-state index contributed by atoms with van der Waals surface area (Å²) in [5.41, 5.74) is 0. The maximum Gasteiger partial charge on any atom is 0.326 e. The molecule has 0 fully saturated rings. The highest BCUT2D eigenvalue weighted by molar-refractivity contribution is 5.77. The zero-order valence-corrected chi connectivity index (χ0v) is 8.36. The molecule has 0 spiro atoms. The lowest BCUT2D eigenvalue weighted by molar-refractivity contribution is -0.139. The van der Waals surface area contributed by atoms with Crippen LogP contribution in [0.4, 0.5) is 5.88 Å². The Morgan fingerprint density at radius 3 is 2.86 bits per heavy atom. The van der Waals surface area contributed by atoms with Crippen molar-refractivity contribution >= 4 is 11.9 Å². The Morgan fingerprint density at radius 1 is 1.71 bits per heavy atom. The molecule has 1 aromatic heterocycles. The summed E-state index contributed by atoms with van der Waals surface area (Å²) in [4.78, 5) is 10.9. The van der Waals surface area contributed by atoms with Crippen molar-refractivity contribution < 1.29 is 14.3 Å². The third-order valence-corrected chi connectivity index (χ3v) is 2.30. The summed E-state index contributed by atoms with van der Waals surface area (Å²) in [5, 5.41) is 11.8. The second-order valence-electron chi connectivity index (χ2n) is 3.32. The molecule has 0 bridgehead atoms. The number of furan rings is 1. The van der Waals surface area contributed by atoms with E-state index in [1.807, 2.05) is 13.8 Å². The van der Waals surface area contributed by atoms with Crippen LogP contribution in [0.25, 0.3) is 0 Å². The number of anilines is 1. The Hall–Kier alpha value is -1.45. The Kier molecular flexibility index (Phi) is 3.56. The van der Waals surface area contributed by atoms with Gasteiger partial charge in [-0.3, -0.25) is 0 Å². The largest absolute Gasteiger partial charge is 0.480 e. The molecule has 0 saturated heterocycles. The van der Waals surface area contributed by atoms with E-state index < -0.39 is 12.0 Å². The van der Waals surface area contributed by atoms with Crippen LogP contribution in [0, 0.1) is 5.92 Å². The lowest BCUT2D eigenvalue weighted by Crippen LogP contribution is -2.35. The van der Waals surface area contributed by atoms with Crippen LogP contribution in [0.2, 0.25) is 0 Å². The van der Waals surface area contributed by atoms with Gasteiger partial charge in [-0.2, -0.15) is 0 Å². The highest BCUT2D eigenvalue weighted by Crippen LogP contribution is 2.15. The van der Waals surface area contributed by atoms with Crippen LogP contribution in [0.3, 0.4) is 0 Å². The molecule has 0 amide bonds. The first-order valence-corrected chi connectivity index (χ1v) is 4.68. The predicted octanol–water partition coefficient (Wildman–Crippen LogP) is 2.19. The average molecular weight is 197 g/mol. The molecule has 0 aliphatic carbocycles. The van der Waals surface area contributed by atoms with Crippen molar-refractivity contribution in [3.05, 3.63) is 18.4 Å². The van der Waals surface area contributed by atoms with E-state index in [9.17, 15) is 4.79 Å². The minimum absolute atomic E-state index is 0.0672. The minimum atomic E-state index is -0.851. The van der Waals surface area contributed by atoms with Crippen LogP contribution in [0.5, 0.6) is 0 Å². The summed E-state index contributed by atoms with van der Waals surface area (Å²) >= 11 is 0. The number of rotatable bonds is 5. The predicted molar refractivity (Wildman–Crippen MR) is 53.2 cm³/mol. The van der Waals surface area contributed by atoms with Gasteiger partial charge < -0.3 is 14.8 Å². The lowest BCUT2D eigenvalue weighted by Gasteiger charge is -2.19. The van der Waals surface area contributed by atoms with Gasteiger partial charge in [-0.15, -0.1) is 0 Å². The van der Waals surface area contributed by atoms with Crippen molar-refractivity contribution in [1.29, 1.82) is 0 Å². The molecule has 2 N–H and O–H groups in total. The van der Waals surface area contributed by atoms with Gasteiger partial charge in [0.2, 0.25) is 0 Å². The molecule has 0 aliphatic rings. The van der Waals surface area contributed by atoms with Crippen molar-refractivity contribution in [1.82, 2.24) is 0 Å². The molecule has 0 aliphatic heterocycles. The molecule has 1 heterocycles. The Labute approximate surface area is 82.9 Å². The molecule has 14 heavy (non-hydrogen) atoms. The molecule has 1 aromatic rings. The molecule has 1 rings (SSSR count). The van der Waals surface area contributed by atoms with Gasteiger partial charge in [0.1, 0.15) is 6.04 Å². The zero-order valence-electron chi connectivity index (χ0n) is 8.36. The van der Waals surface area contributed by atoms with E-state index in [4.69, 9.17) is 9.52 Å². The van der Waals surface area contributed by atoms with Crippen LogP contribution in [0.15, 0.2) is 22.8 Å². The van der Waals surface area contributed by atoms with Crippen LogP contribution in [0.1, 0.15) is 20.3 Å². The van der Waals surface area contributed by atoms with Crippen molar-refractivity contribution in [2.75, 3.05) is 5.32 Å². The van der Waals surface area contributed by atoms with E-state index in [1.165, 1.54) is 6.26 Å². The van der Waals surface area contributed by atoms with E-state index in [2.05, 4.69) is 5.32 Å². The summed E-state index contributed by atoms with van der Waals surface area (Å²) in [6.07, 6.45) is 2.32. The molecule has 78 valence electrons. The second-order valence-corrected chi connectivity index (χ2v) is 3.32. The Morgan fingerprint density at radius 2 is 2.43 bits per heavy atom. The number of aliphatic carboxylic acids is 1. The van der Waals surface area contributed by atoms with E-state index in [0.29, 0.717) is 5.88 Å². The fourth-order valence-electron chi connectivity index (χ4n) is 1.20. The Bertz CT molecular complexity index is 282. The first kappa shape index (κ1) is 10.6. The molecule has 2 unspecified atom stereocenters. The SMILES string of the molecule is CCC(C)C(Nc1ccco1)C(=O)O. The lowest BCUT2D eigenvalue weighted by atomic mass is 9.99. The highest BCUT2D eigenvalue weighted by Gasteiger charge is 2.23. The molecule has 0 radical (unpaired) electrons. The molecular formula is C10H15NO3. The number of carbonyl (C=O) groups is 1. The van der Waals surface area contributed by atoms with Gasteiger partial charge in [0.25, 0.3) is 0 Å². The van der Waals surface area contributed by atoms with Gasteiger partial charge in [0.05, 0.1) is 6.26 Å². The van der Waals surface area contributed by atoms with Crippen LogP contribution < -0.4 is 5.32 Å². The van der Waals surface area contributed by atoms with Crippen molar-refractivity contribution in [3.8, 4) is 0 Å².